The van der Waals surface area contributed by atoms with Crippen LogP contribution in [0.4, 0.5) is 0 Å². The molecule has 3 unspecified atom stereocenters. The van der Waals surface area contributed by atoms with Gasteiger partial charge in [-0.3, -0.25) is 14.3 Å². The lowest BCUT2D eigenvalue weighted by Crippen LogP contribution is -2.40. The molecule has 13 nitrogen and oxygen atoms in total. The average molecular weight is 394 g/mol. The van der Waals surface area contributed by atoms with Gasteiger partial charge < -0.3 is 45.3 Å². The van der Waals surface area contributed by atoms with Crippen LogP contribution in [0, 0.1) is 0 Å². The zero-order valence-electron chi connectivity index (χ0n) is 13.9. The van der Waals surface area contributed by atoms with E-state index >= 15 is 0 Å². The summed E-state index contributed by atoms with van der Waals surface area (Å²) in [5, 5.41) is 62.1. The molecule has 2 rings (SSSR count). The minimum Gasteiger partial charge on any atom is -0.394 e. The number of carbonyl (C=O) groups excluding carboxylic acids is 1. The number of aromatic amines is 1. The molecule has 1 fully saturated rings. The summed E-state index contributed by atoms with van der Waals surface area (Å²) < 4.78 is 6.08. The number of aromatic nitrogens is 2. The third kappa shape index (κ3) is 5.75. The summed E-state index contributed by atoms with van der Waals surface area (Å²) in [4.78, 5) is 34.1. The summed E-state index contributed by atoms with van der Waals surface area (Å²) in [5.74, 6) is 0. The molecule has 0 aromatic carbocycles. The number of aliphatic hydroxyl groups is 7. The Labute approximate surface area is 151 Å². The van der Waals surface area contributed by atoms with E-state index in [0.29, 0.717) is 0 Å². The highest BCUT2D eigenvalue weighted by Crippen LogP contribution is 2.27. The Hall–Kier alpha value is -1.97. The van der Waals surface area contributed by atoms with Gasteiger partial charge in [0.1, 0.15) is 36.6 Å². The van der Waals surface area contributed by atoms with Gasteiger partial charge in [0, 0.05) is 12.3 Å². The highest BCUT2D eigenvalue weighted by molar-refractivity contribution is 5.56. The number of carbonyl (C=O) groups is 1. The maximum atomic E-state index is 11.4. The number of aliphatic hydroxyl groups excluding tert-OH is 7. The van der Waals surface area contributed by atoms with Crippen LogP contribution in [0.2, 0.25) is 0 Å². The number of hydrogen-bond donors (Lipinski definition) is 8. The van der Waals surface area contributed by atoms with Gasteiger partial charge in [-0.15, -0.1) is 0 Å². The first-order chi connectivity index (χ1) is 12.7. The minimum atomic E-state index is -1.64. The van der Waals surface area contributed by atoms with E-state index in [9.17, 15) is 24.6 Å². The summed E-state index contributed by atoms with van der Waals surface area (Å²) in [6, 6.07) is 1.09. The lowest BCUT2D eigenvalue weighted by Gasteiger charge is -2.16. The molecule has 0 aliphatic carbocycles. The Balaban J connectivity index is 0.000000314. The van der Waals surface area contributed by atoms with Crippen LogP contribution >= 0.6 is 0 Å². The van der Waals surface area contributed by atoms with Gasteiger partial charge in [-0.05, 0) is 0 Å². The number of rotatable bonds is 6. The number of H-pyrrole nitrogens is 1. The Morgan fingerprint density at radius 2 is 1.81 bits per heavy atom. The van der Waals surface area contributed by atoms with Crippen molar-refractivity contribution in [2.24, 2.45) is 0 Å². The average Bonchev–Trinajstić information content (AvgIpc) is 2.94. The minimum absolute atomic E-state index is 0.0869. The zero-order chi connectivity index (χ0) is 20.7. The summed E-state index contributed by atoms with van der Waals surface area (Å²) >= 11 is 0. The van der Waals surface area contributed by atoms with Gasteiger partial charge in [-0.1, -0.05) is 0 Å². The number of aldehydes is 1. The normalized spacial score (nSPS) is 28.0. The van der Waals surface area contributed by atoms with Crippen molar-refractivity contribution in [3.63, 3.8) is 0 Å². The molecule has 13 heteroatoms. The molecule has 8 N–H and O–H groups in total. The molecule has 1 aromatic rings. The molecule has 1 aliphatic rings. The highest BCUT2D eigenvalue weighted by atomic mass is 16.6. The van der Waals surface area contributed by atoms with Crippen molar-refractivity contribution in [3.05, 3.63) is 33.1 Å². The number of nitrogens with zero attached hydrogens (tertiary/aromatic N) is 1. The molecule has 2 heterocycles. The molecule has 0 saturated carbocycles. The fourth-order valence-corrected chi connectivity index (χ4v) is 2.15. The van der Waals surface area contributed by atoms with E-state index in [1.807, 2.05) is 4.98 Å². The Bertz CT molecular complexity index is 705. The van der Waals surface area contributed by atoms with Crippen molar-refractivity contribution < 1.29 is 45.3 Å². The molecule has 0 radical (unpaired) electrons. The largest absolute Gasteiger partial charge is 0.394 e. The second-order valence-corrected chi connectivity index (χ2v) is 5.61. The molecule has 1 aromatic heterocycles. The van der Waals surface area contributed by atoms with E-state index < -0.39 is 67.3 Å². The lowest BCUT2D eigenvalue weighted by molar-refractivity contribution is -0.127. The number of ether oxygens (including phenoxy) is 1. The van der Waals surface area contributed by atoms with Crippen molar-refractivity contribution in [2.45, 2.75) is 42.9 Å². The molecule has 0 amide bonds. The standard InChI is InChI=1S/C9H12N2O6.C5H10O5/c12-3-4-6(14)7(15)8(17-4)11-2-1-5(13)10-9(11)16;6-1-3(8)5(10)4(9)2-7/h1-2,4,6-8,12,14-15H,3H2,(H,10,13,16);1,3-5,7-10H,2H2/t4-,6-,7-,8-;/m1./s1. The fourth-order valence-electron chi connectivity index (χ4n) is 2.15. The van der Waals surface area contributed by atoms with E-state index in [0.717, 1.165) is 16.8 Å². The molecule has 1 aliphatic heterocycles. The van der Waals surface area contributed by atoms with Crippen LogP contribution in [0.3, 0.4) is 0 Å². The molecule has 154 valence electrons. The van der Waals surface area contributed by atoms with Crippen LogP contribution in [0.5, 0.6) is 0 Å². The van der Waals surface area contributed by atoms with Crippen LogP contribution < -0.4 is 11.2 Å². The van der Waals surface area contributed by atoms with Crippen molar-refractivity contribution >= 4 is 6.29 Å². The highest BCUT2D eigenvalue weighted by Gasteiger charge is 2.43. The van der Waals surface area contributed by atoms with Crippen molar-refractivity contribution in [2.75, 3.05) is 13.2 Å². The van der Waals surface area contributed by atoms with Gasteiger partial charge in [-0.25, -0.2) is 4.79 Å². The Morgan fingerprint density at radius 3 is 2.26 bits per heavy atom. The Morgan fingerprint density at radius 1 is 1.19 bits per heavy atom. The summed E-state index contributed by atoms with van der Waals surface area (Å²) in [6.07, 6.45) is -8.21. The van der Waals surface area contributed by atoms with E-state index in [4.69, 9.17) is 30.3 Å². The number of hydrogen-bond acceptors (Lipinski definition) is 11. The first-order valence-corrected chi connectivity index (χ1v) is 7.72. The topological polar surface area (TPSA) is 223 Å². The molecule has 0 spiro atoms. The molecule has 0 bridgehead atoms. The fraction of sp³-hybridized carbons (Fsp3) is 0.643. The van der Waals surface area contributed by atoms with Crippen molar-refractivity contribution in [3.8, 4) is 0 Å². The SMILES string of the molecule is O=CC(O)C(O)C(O)CO.O=c1ccn([C@@H]2O[C@H](CO)[C@@H](O)[C@H]2O)c(=O)[nH]1. The summed E-state index contributed by atoms with van der Waals surface area (Å²) in [7, 11) is 0. The maximum absolute atomic E-state index is 11.4. The van der Waals surface area contributed by atoms with Crippen LogP contribution in [0.1, 0.15) is 6.23 Å². The Kier molecular flexibility index (Phi) is 8.87. The van der Waals surface area contributed by atoms with Gasteiger partial charge in [-0.2, -0.15) is 0 Å². The van der Waals surface area contributed by atoms with E-state index in [1.54, 1.807) is 0 Å². The van der Waals surface area contributed by atoms with E-state index in [1.165, 1.54) is 0 Å². The first kappa shape index (κ1) is 23.1. The maximum Gasteiger partial charge on any atom is 0.330 e. The summed E-state index contributed by atoms with van der Waals surface area (Å²) in [6.45, 7) is -1.17. The lowest BCUT2D eigenvalue weighted by atomic mass is 10.1. The number of nitrogens with one attached hydrogen (secondary N) is 1. The van der Waals surface area contributed by atoms with Gasteiger partial charge in [0.15, 0.2) is 12.5 Å². The van der Waals surface area contributed by atoms with E-state index in [-0.39, 0.29) is 6.29 Å². The molecule has 7 atom stereocenters. The molecular formula is C14H22N2O11. The van der Waals surface area contributed by atoms with Gasteiger partial charge in [0.25, 0.3) is 5.56 Å². The van der Waals surface area contributed by atoms with Crippen LogP contribution in [-0.4, -0.2) is 101 Å². The second-order valence-electron chi connectivity index (χ2n) is 5.61. The smallest absolute Gasteiger partial charge is 0.330 e. The van der Waals surface area contributed by atoms with Crippen LogP contribution in [0.15, 0.2) is 21.9 Å². The van der Waals surface area contributed by atoms with Crippen LogP contribution in [-0.2, 0) is 9.53 Å². The molecule has 27 heavy (non-hydrogen) atoms. The third-order valence-electron chi connectivity index (χ3n) is 3.71. The first-order valence-electron chi connectivity index (χ1n) is 7.72. The van der Waals surface area contributed by atoms with Gasteiger partial charge in [0.05, 0.1) is 13.2 Å². The monoisotopic (exact) mass is 394 g/mol. The summed E-state index contributed by atoms with van der Waals surface area (Å²) in [5.41, 5.74) is -1.33. The van der Waals surface area contributed by atoms with E-state index in [2.05, 4.69) is 0 Å². The van der Waals surface area contributed by atoms with Gasteiger partial charge >= 0.3 is 5.69 Å². The predicted octanol–water partition coefficient (Wildman–Crippen LogP) is -5.59. The third-order valence-corrected chi connectivity index (χ3v) is 3.71. The predicted molar refractivity (Wildman–Crippen MR) is 85.5 cm³/mol. The molecule has 1 saturated heterocycles. The molecular weight excluding hydrogens is 372 g/mol. The van der Waals surface area contributed by atoms with Gasteiger partial charge in [0.2, 0.25) is 0 Å². The van der Waals surface area contributed by atoms with Crippen molar-refractivity contribution in [1.82, 2.24) is 9.55 Å². The van der Waals surface area contributed by atoms with Crippen molar-refractivity contribution in [1.29, 1.82) is 0 Å². The van der Waals surface area contributed by atoms with Crippen LogP contribution in [0.25, 0.3) is 0 Å². The zero-order valence-corrected chi connectivity index (χ0v) is 13.9. The second kappa shape index (κ2) is 10.4. The quantitative estimate of drug-likeness (QED) is 0.212.